The summed E-state index contributed by atoms with van der Waals surface area (Å²) < 4.78 is 49.7. The van der Waals surface area contributed by atoms with Crippen molar-refractivity contribution in [2.75, 3.05) is 32.8 Å². The Balaban J connectivity index is 1.03. The smallest absolute Gasteiger partial charge is 0.422 e. The van der Waals surface area contributed by atoms with Gasteiger partial charge in [0, 0.05) is 43.3 Å². The molecular formula is C24H28F3N5O3S. The Morgan fingerprint density at radius 3 is 2.92 bits per heavy atom. The van der Waals surface area contributed by atoms with Crippen molar-refractivity contribution in [2.45, 2.75) is 50.4 Å². The van der Waals surface area contributed by atoms with E-state index in [1.54, 1.807) is 23.0 Å². The number of rotatable bonds is 7. The van der Waals surface area contributed by atoms with E-state index in [-0.39, 0.29) is 23.2 Å². The Morgan fingerprint density at radius 2 is 2.11 bits per heavy atom. The molecule has 5 heterocycles. The molecule has 1 fully saturated rings. The van der Waals surface area contributed by atoms with Gasteiger partial charge in [0.05, 0.1) is 35.5 Å². The average Bonchev–Trinajstić information content (AvgIpc) is 3.42. The third-order valence-electron chi connectivity index (χ3n) is 6.59. The maximum atomic E-state index is 12.7. The lowest BCUT2D eigenvalue weighted by molar-refractivity contribution is -0.153. The quantitative estimate of drug-likeness (QED) is 0.511. The van der Waals surface area contributed by atoms with Crippen molar-refractivity contribution in [3.63, 3.8) is 0 Å². The number of hydrogen-bond acceptors (Lipinski definition) is 7. The molecule has 0 bridgehead atoms. The Morgan fingerprint density at radius 1 is 1.25 bits per heavy atom. The fourth-order valence-corrected chi connectivity index (χ4v) is 5.63. The summed E-state index contributed by atoms with van der Waals surface area (Å²) in [7, 11) is 0. The highest BCUT2D eigenvalue weighted by molar-refractivity contribution is 7.13. The van der Waals surface area contributed by atoms with Gasteiger partial charge in [-0.25, -0.2) is 9.50 Å². The Labute approximate surface area is 210 Å². The van der Waals surface area contributed by atoms with Crippen molar-refractivity contribution in [1.82, 2.24) is 24.8 Å². The Bertz CT molecular complexity index is 1160. The number of carbonyl (C=O) groups excluding carboxylic acids is 1. The first-order valence-corrected chi connectivity index (χ1v) is 12.9. The van der Waals surface area contributed by atoms with E-state index in [2.05, 4.69) is 20.3 Å². The first kappa shape index (κ1) is 25.0. The molecule has 1 amide bonds. The van der Waals surface area contributed by atoms with E-state index in [9.17, 15) is 18.0 Å². The first-order valence-electron chi connectivity index (χ1n) is 12.1. The molecule has 0 aromatic carbocycles. The number of nitrogens with zero attached hydrogens (tertiary/aromatic N) is 4. The van der Waals surface area contributed by atoms with Crippen LogP contribution in [0.3, 0.4) is 0 Å². The van der Waals surface area contributed by atoms with Gasteiger partial charge >= 0.3 is 6.18 Å². The van der Waals surface area contributed by atoms with E-state index in [1.165, 1.54) is 11.3 Å². The van der Waals surface area contributed by atoms with Gasteiger partial charge < -0.3 is 19.7 Å². The van der Waals surface area contributed by atoms with Crippen molar-refractivity contribution >= 4 is 22.8 Å². The van der Waals surface area contributed by atoms with Crippen molar-refractivity contribution in [1.29, 1.82) is 0 Å². The maximum absolute atomic E-state index is 12.7. The van der Waals surface area contributed by atoms with E-state index < -0.39 is 12.8 Å². The zero-order valence-corrected chi connectivity index (χ0v) is 20.5. The molecule has 1 N–H and O–H groups in total. The van der Waals surface area contributed by atoms with Gasteiger partial charge in [0.1, 0.15) is 0 Å². The molecular weight excluding hydrogens is 495 g/mol. The van der Waals surface area contributed by atoms with Crippen LogP contribution in [0.4, 0.5) is 13.2 Å². The molecule has 8 nitrogen and oxygen atoms in total. The van der Waals surface area contributed by atoms with Gasteiger partial charge in [-0.1, -0.05) is 11.3 Å². The highest BCUT2D eigenvalue weighted by Crippen LogP contribution is 2.29. The fraction of sp³-hybridized carbons (Fsp3) is 0.542. The molecule has 0 radical (unpaired) electrons. The number of thiazole rings is 1. The number of halogens is 3. The highest BCUT2D eigenvalue weighted by Gasteiger charge is 2.30. The summed E-state index contributed by atoms with van der Waals surface area (Å²) in [5.41, 5.74) is 2.23. The van der Waals surface area contributed by atoms with E-state index in [4.69, 9.17) is 9.47 Å². The van der Waals surface area contributed by atoms with Gasteiger partial charge in [0.15, 0.2) is 6.61 Å². The standard InChI is InChI=1S/C24H28F3N5O3S/c25-24(26,27)15-35-23-30-19-7-11-31(12-8-21(19)36-23)10-5-17-4-3-16(14-34-17)29-22(33)18-6-13-32-20(18)2-1-9-28-32/h1-2,6,9,13,16-17H,3-5,7-8,10-12,14-15H2,(H,29,33)/t16-,17+/m0/s1. The summed E-state index contributed by atoms with van der Waals surface area (Å²) in [5, 5.41) is 7.38. The zero-order chi connectivity index (χ0) is 25.1. The van der Waals surface area contributed by atoms with E-state index in [1.807, 2.05) is 12.1 Å². The minimum Gasteiger partial charge on any atom is -0.460 e. The third-order valence-corrected chi connectivity index (χ3v) is 7.66. The van der Waals surface area contributed by atoms with Crippen LogP contribution in [0.5, 0.6) is 5.19 Å². The molecule has 194 valence electrons. The molecule has 0 aliphatic carbocycles. The number of nitrogens with one attached hydrogen (secondary N) is 1. The molecule has 2 aliphatic rings. The number of carbonyl (C=O) groups is 1. The number of hydrogen-bond donors (Lipinski definition) is 1. The van der Waals surface area contributed by atoms with Gasteiger partial charge in [0.2, 0.25) is 0 Å². The second-order valence-corrected chi connectivity index (χ2v) is 10.2. The van der Waals surface area contributed by atoms with Crippen LogP contribution < -0.4 is 10.1 Å². The molecule has 0 spiro atoms. The summed E-state index contributed by atoms with van der Waals surface area (Å²) in [6, 6.07) is 5.43. The lowest BCUT2D eigenvalue weighted by Crippen LogP contribution is -2.43. The maximum Gasteiger partial charge on any atom is 0.422 e. The third kappa shape index (κ3) is 6.16. The predicted octanol–water partition coefficient (Wildman–Crippen LogP) is 3.50. The summed E-state index contributed by atoms with van der Waals surface area (Å²) in [6.45, 7) is 1.71. The second kappa shape index (κ2) is 10.7. The monoisotopic (exact) mass is 523 g/mol. The van der Waals surface area contributed by atoms with Crippen LogP contribution in [0.25, 0.3) is 5.52 Å². The molecule has 0 saturated carbocycles. The summed E-state index contributed by atoms with van der Waals surface area (Å²) in [6.07, 6.45) is 3.34. The lowest BCUT2D eigenvalue weighted by atomic mass is 10.0. The Kier molecular flexibility index (Phi) is 7.44. The van der Waals surface area contributed by atoms with Crippen LogP contribution >= 0.6 is 11.3 Å². The minimum absolute atomic E-state index is 0.0191. The van der Waals surface area contributed by atoms with E-state index >= 15 is 0 Å². The molecule has 5 rings (SSSR count). The second-order valence-electron chi connectivity index (χ2n) is 9.17. The van der Waals surface area contributed by atoms with Gasteiger partial charge in [-0.2, -0.15) is 18.3 Å². The van der Waals surface area contributed by atoms with E-state index in [0.717, 1.165) is 61.4 Å². The molecule has 3 aromatic heterocycles. The number of amides is 1. The topological polar surface area (TPSA) is 81.0 Å². The molecule has 3 aromatic rings. The first-order chi connectivity index (χ1) is 17.3. The summed E-state index contributed by atoms with van der Waals surface area (Å²) in [4.78, 5) is 20.4. The van der Waals surface area contributed by atoms with Crippen LogP contribution in [0.15, 0.2) is 30.6 Å². The zero-order valence-electron chi connectivity index (χ0n) is 19.7. The highest BCUT2D eigenvalue weighted by atomic mass is 32.1. The van der Waals surface area contributed by atoms with E-state index in [0.29, 0.717) is 18.6 Å². The van der Waals surface area contributed by atoms with Gasteiger partial charge in [-0.05, 0) is 43.9 Å². The summed E-state index contributed by atoms with van der Waals surface area (Å²) in [5.74, 6) is -0.116. The SMILES string of the molecule is O=C(N[C@H]1CC[C@H](CCN2CCc3nc(OCC(F)(F)F)sc3CC2)OC1)c1ccn2ncccc12. The largest absolute Gasteiger partial charge is 0.460 e. The number of aromatic nitrogens is 3. The van der Waals surface area contributed by atoms with Crippen molar-refractivity contribution < 1.29 is 27.4 Å². The molecule has 2 atom stereocenters. The van der Waals surface area contributed by atoms with Crippen molar-refractivity contribution in [3.8, 4) is 5.19 Å². The fourth-order valence-electron chi connectivity index (χ4n) is 4.69. The predicted molar refractivity (Wildman–Crippen MR) is 128 cm³/mol. The van der Waals surface area contributed by atoms with Crippen LogP contribution in [0.1, 0.15) is 40.2 Å². The average molecular weight is 524 g/mol. The number of ether oxygens (including phenoxy) is 2. The molecule has 12 heteroatoms. The normalized spacial score (nSPS) is 21.2. The van der Waals surface area contributed by atoms with Crippen LogP contribution in [-0.4, -0.2) is 76.6 Å². The summed E-state index contributed by atoms with van der Waals surface area (Å²) >= 11 is 1.22. The lowest BCUT2D eigenvalue weighted by Gasteiger charge is -2.31. The van der Waals surface area contributed by atoms with Gasteiger partial charge in [0.25, 0.3) is 11.1 Å². The number of fused-ring (bicyclic) bond motifs is 2. The van der Waals surface area contributed by atoms with Crippen LogP contribution in [0.2, 0.25) is 0 Å². The molecule has 36 heavy (non-hydrogen) atoms. The molecule has 1 saturated heterocycles. The molecule has 2 aliphatic heterocycles. The van der Waals surface area contributed by atoms with Crippen molar-refractivity contribution in [3.05, 3.63) is 46.7 Å². The van der Waals surface area contributed by atoms with Crippen LogP contribution in [0, 0.1) is 0 Å². The number of alkyl halides is 3. The Hall–Kier alpha value is -2.70. The minimum atomic E-state index is -4.36. The van der Waals surface area contributed by atoms with Gasteiger partial charge in [-0.3, -0.25) is 4.79 Å². The molecule has 0 unspecified atom stereocenters. The van der Waals surface area contributed by atoms with Crippen molar-refractivity contribution in [2.24, 2.45) is 0 Å². The van der Waals surface area contributed by atoms with Crippen LogP contribution in [-0.2, 0) is 17.6 Å². The van der Waals surface area contributed by atoms with Gasteiger partial charge in [-0.15, -0.1) is 0 Å².